The molecule has 1 heterocycles. The average molecular weight is 407 g/mol. The summed E-state index contributed by atoms with van der Waals surface area (Å²) < 4.78 is 22.3. The highest BCUT2D eigenvalue weighted by Crippen LogP contribution is 2.29. The van der Waals surface area contributed by atoms with Gasteiger partial charge in [-0.1, -0.05) is 24.3 Å². The fourth-order valence-electron chi connectivity index (χ4n) is 2.66. The topological polar surface area (TPSA) is 69.9 Å². The van der Waals surface area contributed by atoms with Gasteiger partial charge in [-0.3, -0.25) is 4.79 Å². The first-order valence-electron chi connectivity index (χ1n) is 9.80. The first-order chi connectivity index (χ1) is 14.7. The third kappa shape index (κ3) is 6.74. The number of para-hydroxylation sites is 1. The van der Waals surface area contributed by atoms with Gasteiger partial charge in [0.2, 0.25) is 5.91 Å². The number of rotatable bonds is 11. The Morgan fingerprint density at radius 3 is 2.57 bits per heavy atom. The third-order valence-electron chi connectivity index (χ3n) is 4.06. The summed E-state index contributed by atoms with van der Waals surface area (Å²) >= 11 is 0. The van der Waals surface area contributed by atoms with Crippen LogP contribution in [0.3, 0.4) is 0 Å². The standard InChI is InChI=1S/C24H25NO5/c1-2-27-23-17-19(11-13-24(26)25-18-21-9-6-14-28-21)10-12-22(23)30-16-15-29-20-7-4-3-5-8-20/h3-14,17H,2,15-16,18H2,1H3,(H,25,26)/b13-11+. The Morgan fingerprint density at radius 1 is 0.967 bits per heavy atom. The van der Waals surface area contributed by atoms with E-state index in [0.29, 0.717) is 43.6 Å². The van der Waals surface area contributed by atoms with E-state index in [9.17, 15) is 4.79 Å². The molecule has 0 aliphatic rings. The first kappa shape index (κ1) is 21.0. The van der Waals surface area contributed by atoms with Crippen LogP contribution in [0.4, 0.5) is 0 Å². The number of amides is 1. The van der Waals surface area contributed by atoms with Crippen molar-refractivity contribution >= 4 is 12.0 Å². The highest BCUT2D eigenvalue weighted by molar-refractivity contribution is 5.91. The molecule has 0 saturated heterocycles. The van der Waals surface area contributed by atoms with Crippen LogP contribution in [0.2, 0.25) is 0 Å². The molecule has 0 aliphatic carbocycles. The quantitative estimate of drug-likeness (QED) is 0.375. The molecule has 0 atom stereocenters. The monoisotopic (exact) mass is 407 g/mol. The normalized spacial score (nSPS) is 10.7. The summed E-state index contributed by atoms with van der Waals surface area (Å²) in [6.45, 7) is 3.57. The summed E-state index contributed by atoms with van der Waals surface area (Å²) in [4.78, 5) is 12.0. The average Bonchev–Trinajstić information content (AvgIpc) is 3.29. The number of hydrogen-bond donors (Lipinski definition) is 1. The largest absolute Gasteiger partial charge is 0.490 e. The second-order valence-corrected chi connectivity index (χ2v) is 6.28. The summed E-state index contributed by atoms with van der Waals surface area (Å²) in [5.41, 5.74) is 0.833. The van der Waals surface area contributed by atoms with Gasteiger partial charge in [-0.05, 0) is 55.0 Å². The molecule has 0 saturated carbocycles. The van der Waals surface area contributed by atoms with Gasteiger partial charge >= 0.3 is 0 Å². The van der Waals surface area contributed by atoms with E-state index < -0.39 is 0 Å². The number of benzene rings is 2. The minimum absolute atomic E-state index is 0.206. The molecule has 2 aromatic carbocycles. The maximum absolute atomic E-state index is 12.0. The van der Waals surface area contributed by atoms with Crippen molar-refractivity contribution in [3.63, 3.8) is 0 Å². The van der Waals surface area contributed by atoms with Crippen LogP contribution >= 0.6 is 0 Å². The Balaban J connectivity index is 1.52. The summed E-state index contributed by atoms with van der Waals surface area (Å²) in [5.74, 6) is 2.55. The van der Waals surface area contributed by atoms with Crippen molar-refractivity contribution in [1.29, 1.82) is 0 Å². The Kier molecular flexibility index (Phi) is 7.97. The van der Waals surface area contributed by atoms with Crippen LogP contribution in [0, 0.1) is 0 Å². The Bertz CT molecular complexity index is 935. The van der Waals surface area contributed by atoms with Crippen LogP contribution in [0.25, 0.3) is 6.08 Å². The van der Waals surface area contributed by atoms with Gasteiger partial charge in [0.1, 0.15) is 24.7 Å². The number of ether oxygens (including phenoxy) is 3. The lowest BCUT2D eigenvalue weighted by Gasteiger charge is -2.13. The summed E-state index contributed by atoms with van der Waals surface area (Å²) in [6, 6.07) is 18.7. The van der Waals surface area contributed by atoms with E-state index in [-0.39, 0.29) is 5.91 Å². The fraction of sp³-hybridized carbons (Fsp3) is 0.208. The van der Waals surface area contributed by atoms with E-state index in [1.165, 1.54) is 6.08 Å². The van der Waals surface area contributed by atoms with Gasteiger partial charge in [0.25, 0.3) is 0 Å². The molecule has 0 aliphatic heterocycles. The molecular weight excluding hydrogens is 382 g/mol. The zero-order chi connectivity index (χ0) is 21.0. The smallest absolute Gasteiger partial charge is 0.244 e. The maximum atomic E-state index is 12.0. The number of carbonyl (C=O) groups is 1. The molecular formula is C24H25NO5. The maximum Gasteiger partial charge on any atom is 0.244 e. The Hall–Kier alpha value is -3.67. The van der Waals surface area contributed by atoms with Crippen molar-refractivity contribution in [1.82, 2.24) is 5.32 Å². The van der Waals surface area contributed by atoms with Gasteiger partial charge in [-0.15, -0.1) is 0 Å². The van der Waals surface area contributed by atoms with Gasteiger partial charge in [-0.2, -0.15) is 0 Å². The molecule has 1 aromatic heterocycles. The van der Waals surface area contributed by atoms with Crippen molar-refractivity contribution < 1.29 is 23.4 Å². The van der Waals surface area contributed by atoms with Crippen molar-refractivity contribution in [2.45, 2.75) is 13.5 Å². The fourth-order valence-corrected chi connectivity index (χ4v) is 2.66. The molecule has 3 aromatic rings. The minimum Gasteiger partial charge on any atom is -0.490 e. The van der Waals surface area contributed by atoms with Crippen LogP contribution in [0.1, 0.15) is 18.2 Å². The summed E-state index contributed by atoms with van der Waals surface area (Å²) in [6.07, 6.45) is 4.77. The molecule has 0 spiro atoms. The molecule has 30 heavy (non-hydrogen) atoms. The number of carbonyl (C=O) groups excluding carboxylic acids is 1. The molecule has 0 bridgehead atoms. The van der Waals surface area contributed by atoms with Gasteiger partial charge in [0, 0.05) is 6.08 Å². The Morgan fingerprint density at radius 2 is 1.80 bits per heavy atom. The van der Waals surface area contributed by atoms with Crippen LogP contribution in [-0.2, 0) is 11.3 Å². The second kappa shape index (κ2) is 11.4. The van der Waals surface area contributed by atoms with E-state index >= 15 is 0 Å². The van der Waals surface area contributed by atoms with Crippen LogP contribution in [-0.4, -0.2) is 25.7 Å². The van der Waals surface area contributed by atoms with Gasteiger partial charge in [-0.25, -0.2) is 0 Å². The lowest BCUT2D eigenvalue weighted by atomic mass is 10.2. The van der Waals surface area contributed by atoms with E-state index in [1.807, 2.05) is 61.5 Å². The van der Waals surface area contributed by atoms with E-state index in [4.69, 9.17) is 18.6 Å². The Labute approximate surface area is 176 Å². The lowest BCUT2D eigenvalue weighted by Crippen LogP contribution is -2.19. The van der Waals surface area contributed by atoms with Crippen molar-refractivity contribution in [3.05, 3.63) is 84.3 Å². The summed E-state index contributed by atoms with van der Waals surface area (Å²) in [7, 11) is 0. The zero-order valence-corrected chi connectivity index (χ0v) is 16.9. The predicted molar refractivity (Wildman–Crippen MR) is 115 cm³/mol. The van der Waals surface area contributed by atoms with Crippen molar-refractivity contribution in [2.75, 3.05) is 19.8 Å². The van der Waals surface area contributed by atoms with Crippen molar-refractivity contribution in [3.8, 4) is 17.2 Å². The minimum atomic E-state index is -0.206. The molecule has 156 valence electrons. The summed E-state index contributed by atoms with van der Waals surface area (Å²) in [5, 5.41) is 2.76. The van der Waals surface area contributed by atoms with Gasteiger partial charge in [0.05, 0.1) is 19.4 Å². The van der Waals surface area contributed by atoms with Gasteiger partial charge < -0.3 is 23.9 Å². The molecule has 0 fully saturated rings. The van der Waals surface area contributed by atoms with E-state index in [0.717, 1.165) is 11.3 Å². The highest BCUT2D eigenvalue weighted by atomic mass is 16.5. The molecule has 0 radical (unpaired) electrons. The predicted octanol–water partition coefficient (Wildman–Crippen LogP) is 4.47. The van der Waals surface area contributed by atoms with Crippen LogP contribution < -0.4 is 19.5 Å². The second-order valence-electron chi connectivity index (χ2n) is 6.28. The zero-order valence-electron chi connectivity index (χ0n) is 16.9. The first-order valence-corrected chi connectivity index (χ1v) is 9.80. The van der Waals surface area contributed by atoms with E-state index in [1.54, 1.807) is 18.4 Å². The third-order valence-corrected chi connectivity index (χ3v) is 4.06. The molecule has 1 amide bonds. The number of nitrogens with one attached hydrogen (secondary N) is 1. The highest BCUT2D eigenvalue weighted by Gasteiger charge is 2.06. The molecule has 3 rings (SSSR count). The van der Waals surface area contributed by atoms with E-state index in [2.05, 4.69) is 5.32 Å². The molecule has 6 nitrogen and oxygen atoms in total. The van der Waals surface area contributed by atoms with Crippen LogP contribution in [0.5, 0.6) is 17.2 Å². The number of hydrogen-bond acceptors (Lipinski definition) is 5. The molecule has 6 heteroatoms. The van der Waals surface area contributed by atoms with Gasteiger partial charge in [0.15, 0.2) is 11.5 Å². The molecule has 0 unspecified atom stereocenters. The van der Waals surface area contributed by atoms with Crippen LogP contribution in [0.15, 0.2) is 77.4 Å². The lowest BCUT2D eigenvalue weighted by molar-refractivity contribution is -0.116. The SMILES string of the molecule is CCOc1cc(/C=C/C(=O)NCc2ccco2)ccc1OCCOc1ccccc1. The molecule has 1 N–H and O–H groups in total. The number of furan rings is 1. The van der Waals surface area contributed by atoms with Crippen molar-refractivity contribution in [2.24, 2.45) is 0 Å².